The summed E-state index contributed by atoms with van der Waals surface area (Å²) in [5, 5.41) is 4.07. The third-order valence-electron chi connectivity index (χ3n) is 5.24. The number of esters is 1. The van der Waals surface area contributed by atoms with Crippen molar-refractivity contribution in [3.05, 3.63) is 78.4 Å². The van der Waals surface area contributed by atoms with Gasteiger partial charge in [-0.2, -0.15) is 0 Å². The lowest BCUT2D eigenvalue weighted by Crippen LogP contribution is -2.34. The number of fused-ring (bicyclic) bond motifs is 2. The fourth-order valence-corrected chi connectivity index (χ4v) is 3.72. The molecule has 3 aromatic carbocycles. The highest BCUT2D eigenvalue weighted by atomic mass is 16.6. The fourth-order valence-electron chi connectivity index (χ4n) is 3.72. The molecule has 8 nitrogen and oxygen atoms in total. The lowest BCUT2D eigenvalue weighted by atomic mass is 10.0. The average molecular weight is 503 g/mol. The third kappa shape index (κ3) is 6.95. The Bertz CT molecular complexity index is 1340. The molecule has 1 aromatic heterocycles. The van der Waals surface area contributed by atoms with Gasteiger partial charge in [0.25, 0.3) is 0 Å². The molecule has 4 rings (SSSR count). The molecule has 0 saturated carbocycles. The van der Waals surface area contributed by atoms with Gasteiger partial charge in [-0.3, -0.25) is 0 Å². The molecule has 1 heterocycles. The topological polar surface area (TPSA) is 96.0 Å². The summed E-state index contributed by atoms with van der Waals surface area (Å²) in [5.74, 6) is 0.244. The van der Waals surface area contributed by atoms with Crippen molar-refractivity contribution in [1.29, 1.82) is 0 Å². The van der Waals surface area contributed by atoms with E-state index in [9.17, 15) is 9.59 Å². The lowest BCUT2D eigenvalue weighted by molar-refractivity contribution is 0.0486. The summed E-state index contributed by atoms with van der Waals surface area (Å²) in [5.41, 5.74) is 1.34. The molecule has 192 valence electrons. The van der Waals surface area contributed by atoms with Crippen molar-refractivity contribution in [1.82, 2.24) is 10.3 Å². The Morgan fingerprint density at radius 1 is 0.784 bits per heavy atom. The quantitative estimate of drug-likeness (QED) is 0.139. The number of hydrogen-bond donors (Lipinski definition) is 1. The summed E-state index contributed by atoms with van der Waals surface area (Å²) >= 11 is 0. The molecule has 0 aliphatic carbocycles. The monoisotopic (exact) mass is 502 g/mol. The van der Waals surface area contributed by atoms with Crippen molar-refractivity contribution < 1.29 is 28.5 Å². The van der Waals surface area contributed by atoms with E-state index in [0.29, 0.717) is 30.2 Å². The van der Waals surface area contributed by atoms with Crippen molar-refractivity contribution in [3.63, 3.8) is 0 Å². The normalized spacial score (nSPS) is 11.3. The smallest absolute Gasteiger partial charge is 0.407 e. The molecule has 0 fully saturated rings. The van der Waals surface area contributed by atoms with E-state index in [2.05, 4.69) is 10.3 Å². The Balaban J connectivity index is 1.36. The van der Waals surface area contributed by atoms with Crippen molar-refractivity contribution >= 4 is 33.9 Å². The molecule has 0 spiro atoms. The summed E-state index contributed by atoms with van der Waals surface area (Å²) in [6, 6.07) is 22.0. The van der Waals surface area contributed by atoms with Crippen LogP contribution in [0, 0.1) is 0 Å². The Hall–Kier alpha value is -4.17. The van der Waals surface area contributed by atoms with E-state index in [-0.39, 0.29) is 13.2 Å². The van der Waals surface area contributed by atoms with Gasteiger partial charge in [0.1, 0.15) is 12.2 Å². The number of pyridine rings is 1. The zero-order valence-corrected chi connectivity index (χ0v) is 21.2. The SMILES string of the molecule is CC(C)(C)OC(=O)NCCOCCOc1ccccc1OC(=O)c1c2ccccc2nc2ccccc12. The zero-order chi connectivity index (χ0) is 26.3. The number of alkyl carbamates (subject to hydrolysis) is 1. The first kappa shape index (κ1) is 25.9. The summed E-state index contributed by atoms with van der Waals surface area (Å²) < 4.78 is 22.3. The van der Waals surface area contributed by atoms with E-state index < -0.39 is 17.7 Å². The van der Waals surface area contributed by atoms with Gasteiger partial charge in [-0.15, -0.1) is 0 Å². The molecule has 4 aromatic rings. The van der Waals surface area contributed by atoms with Crippen LogP contribution in [0.2, 0.25) is 0 Å². The molecular formula is C29H30N2O6. The van der Waals surface area contributed by atoms with Gasteiger partial charge in [0.2, 0.25) is 0 Å². The van der Waals surface area contributed by atoms with Gasteiger partial charge in [0, 0.05) is 17.3 Å². The molecule has 0 bridgehead atoms. The maximum Gasteiger partial charge on any atom is 0.407 e. The van der Waals surface area contributed by atoms with Crippen molar-refractivity contribution in [2.24, 2.45) is 0 Å². The number of rotatable bonds is 9. The molecule has 0 aliphatic rings. The maximum atomic E-state index is 13.4. The maximum absolute atomic E-state index is 13.4. The van der Waals surface area contributed by atoms with Crippen LogP contribution in [0.1, 0.15) is 31.1 Å². The van der Waals surface area contributed by atoms with Gasteiger partial charge in [-0.1, -0.05) is 48.5 Å². The largest absolute Gasteiger partial charge is 0.487 e. The molecule has 37 heavy (non-hydrogen) atoms. The number of nitrogens with zero attached hydrogens (tertiary/aromatic N) is 1. The Morgan fingerprint density at radius 2 is 1.38 bits per heavy atom. The second-order valence-electron chi connectivity index (χ2n) is 9.25. The Morgan fingerprint density at radius 3 is 2.03 bits per heavy atom. The van der Waals surface area contributed by atoms with Gasteiger partial charge < -0.3 is 24.3 Å². The number of benzene rings is 3. The number of carbonyl (C=O) groups is 2. The minimum Gasteiger partial charge on any atom is -0.487 e. The highest BCUT2D eigenvalue weighted by molar-refractivity contribution is 6.14. The second kappa shape index (κ2) is 11.7. The van der Waals surface area contributed by atoms with Crippen molar-refractivity contribution in [3.8, 4) is 11.5 Å². The van der Waals surface area contributed by atoms with Gasteiger partial charge in [-0.25, -0.2) is 14.6 Å². The number of amides is 1. The number of carbonyl (C=O) groups excluding carboxylic acids is 2. The van der Waals surface area contributed by atoms with Crippen LogP contribution in [0.3, 0.4) is 0 Å². The standard InChI is InChI=1S/C29H30N2O6/c1-29(2,3)37-28(33)30-16-17-34-18-19-35-24-14-8-9-15-25(24)36-27(32)26-20-10-4-6-12-22(20)31-23-13-7-5-11-21(23)26/h4-15H,16-19H2,1-3H3,(H,30,33). The number of ether oxygens (including phenoxy) is 4. The number of aromatic nitrogens is 1. The molecule has 0 atom stereocenters. The van der Waals surface area contributed by atoms with Gasteiger partial charge >= 0.3 is 12.1 Å². The first-order chi connectivity index (χ1) is 17.8. The highest BCUT2D eigenvalue weighted by Gasteiger charge is 2.19. The lowest BCUT2D eigenvalue weighted by Gasteiger charge is -2.19. The van der Waals surface area contributed by atoms with Crippen molar-refractivity contribution in [2.75, 3.05) is 26.4 Å². The molecular weight excluding hydrogens is 472 g/mol. The van der Waals surface area contributed by atoms with E-state index in [0.717, 1.165) is 21.8 Å². The molecule has 1 amide bonds. The van der Waals surface area contributed by atoms with Gasteiger partial charge in [0.15, 0.2) is 11.5 Å². The van der Waals surface area contributed by atoms with E-state index in [4.69, 9.17) is 18.9 Å². The van der Waals surface area contributed by atoms with E-state index in [1.807, 2.05) is 48.5 Å². The minimum atomic E-state index is -0.548. The predicted octanol–water partition coefficient (Wildman–Crippen LogP) is 5.53. The predicted molar refractivity (Wildman–Crippen MR) is 141 cm³/mol. The molecule has 0 radical (unpaired) electrons. The molecule has 1 N–H and O–H groups in total. The van der Waals surface area contributed by atoms with E-state index in [1.54, 1.807) is 45.0 Å². The number of nitrogens with one attached hydrogen (secondary N) is 1. The van der Waals surface area contributed by atoms with Gasteiger partial charge in [-0.05, 0) is 45.0 Å². The van der Waals surface area contributed by atoms with Crippen LogP contribution in [-0.4, -0.2) is 49.0 Å². The average Bonchev–Trinajstić information content (AvgIpc) is 2.86. The van der Waals surface area contributed by atoms with Crippen LogP contribution in [0.15, 0.2) is 72.8 Å². The first-order valence-corrected chi connectivity index (χ1v) is 12.1. The minimum absolute atomic E-state index is 0.238. The zero-order valence-electron chi connectivity index (χ0n) is 21.2. The van der Waals surface area contributed by atoms with Crippen LogP contribution in [0.4, 0.5) is 4.79 Å². The third-order valence-corrected chi connectivity index (χ3v) is 5.24. The summed E-state index contributed by atoms with van der Waals surface area (Å²) in [6.45, 7) is 6.56. The van der Waals surface area contributed by atoms with Crippen LogP contribution >= 0.6 is 0 Å². The van der Waals surface area contributed by atoms with Crippen LogP contribution in [-0.2, 0) is 9.47 Å². The first-order valence-electron chi connectivity index (χ1n) is 12.1. The van der Waals surface area contributed by atoms with E-state index >= 15 is 0 Å². The number of hydrogen-bond acceptors (Lipinski definition) is 7. The van der Waals surface area contributed by atoms with Crippen LogP contribution in [0.25, 0.3) is 21.8 Å². The van der Waals surface area contributed by atoms with Crippen molar-refractivity contribution in [2.45, 2.75) is 26.4 Å². The fraction of sp³-hybridized carbons (Fsp3) is 0.276. The highest BCUT2D eigenvalue weighted by Crippen LogP contribution is 2.31. The number of para-hydroxylation sites is 4. The Kier molecular flexibility index (Phi) is 8.20. The van der Waals surface area contributed by atoms with Crippen LogP contribution < -0.4 is 14.8 Å². The summed E-state index contributed by atoms with van der Waals surface area (Å²) in [4.78, 5) is 29.7. The Labute approximate surface area is 215 Å². The second-order valence-corrected chi connectivity index (χ2v) is 9.25. The molecule has 0 unspecified atom stereocenters. The molecule has 0 saturated heterocycles. The van der Waals surface area contributed by atoms with Gasteiger partial charge in [0.05, 0.1) is 29.8 Å². The molecule has 0 aliphatic heterocycles. The summed E-state index contributed by atoms with van der Waals surface area (Å²) in [7, 11) is 0. The van der Waals surface area contributed by atoms with E-state index in [1.165, 1.54) is 0 Å². The van der Waals surface area contributed by atoms with Crippen LogP contribution in [0.5, 0.6) is 11.5 Å². The summed E-state index contributed by atoms with van der Waals surface area (Å²) in [6.07, 6.45) is -0.488. The molecule has 8 heteroatoms.